The smallest absolute Gasteiger partial charge is 0.249 e. The molecule has 2 aromatic heterocycles. The molecule has 0 aromatic carbocycles. The molecular formula is C21H25N7O3S. The van der Waals surface area contributed by atoms with E-state index in [0.717, 1.165) is 12.8 Å². The maximum absolute atomic E-state index is 13.2. The second kappa shape index (κ2) is 7.55. The Morgan fingerprint density at radius 3 is 2.69 bits per heavy atom. The Morgan fingerprint density at radius 1 is 1.25 bits per heavy atom. The molecule has 3 aliphatic rings. The van der Waals surface area contributed by atoms with E-state index < -0.39 is 15.3 Å². The molecule has 2 atom stereocenters. The van der Waals surface area contributed by atoms with Gasteiger partial charge in [-0.1, -0.05) is 0 Å². The van der Waals surface area contributed by atoms with Crippen LogP contribution in [0.1, 0.15) is 45.1 Å². The molecule has 1 aliphatic carbocycles. The summed E-state index contributed by atoms with van der Waals surface area (Å²) in [6, 6.07) is 3.93. The molecule has 11 heteroatoms. The van der Waals surface area contributed by atoms with Crippen LogP contribution in [0, 0.1) is 22.7 Å². The summed E-state index contributed by atoms with van der Waals surface area (Å²) >= 11 is 0. The predicted molar refractivity (Wildman–Crippen MR) is 117 cm³/mol. The van der Waals surface area contributed by atoms with Gasteiger partial charge in [0.05, 0.1) is 35.5 Å². The van der Waals surface area contributed by atoms with Gasteiger partial charge in [-0.25, -0.2) is 13.4 Å². The van der Waals surface area contributed by atoms with Crippen LogP contribution >= 0.6 is 0 Å². The molecule has 2 saturated heterocycles. The number of anilines is 3. The highest BCUT2D eigenvalue weighted by Gasteiger charge is 2.59. The van der Waals surface area contributed by atoms with Crippen molar-refractivity contribution in [2.45, 2.75) is 51.1 Å². The minimum absolute atomic E-state index is 0.0472. The molecule has 4 heterocycles. The first kappa shape index (κ1) is 20.9. The standard InChI is InChI=1S/C21H25N7O3S/c1-14-10-21(13-22,15-2-3-15)19(29)28(14)18-4-7-23-20(26-18)25-16-11-24-27(12-16)17-5-8-32(30,31)9-6-17/h4,7,11-12,14-15,17H,2-3,5-6,8-10H2,1H3,(H,23,25,26)/t14-,21-/m1/s1. The molecule has 32 heavy (non-hydrogen) atoms. The van der Waals surface area contributed by atoms with E-state index in [0.29, 0.717) is 36.7 Å². The molecule has 1 saturated carbocycles. The summed E-state index contributed by atoms with van der Waals surface area (Å²) in [5, 5.41) is 17.3. The van der Waals surface area contributed by atoms with Gasteiger partial charge in [0, 0.05) is 18.4 Å². The number of hydrogen-bond acceptors (Lipinski definition) is 8. The Hall–Kier alpha value is -3.00. The molecule has 1 N–H and O–H groups in total. The summed E-state index contributed by atoms with van der Waals surface area (Å²) in [5.74, 6) is 1.14. The highest BCUT2D eigenvalue weighted by Crippen LogP contribution is 2.53. The average Bonchev–Trinajstić information content (AvgIpc) is 3.46. The van der Waals surface area contributed by atoms with Crippen molar-refractivity contribution in [2.24, 2.45) is 11.3 Å². The zero-order valence-corrected chi connectivity index (χ0v) is 18.6. The molecule has 1 amide bonds. The topological polar surface area (TPSA) is 134 Å². The van der Waals surface area contributed by atoms with Gasteiger partial charge >= 0.3 is 0 Å². The van der Waals surface area contributed by atoms with Crippen molar-refractivity contribution in [3.8, 4) is 6.07 Å². The molecular weight excluding hydrogens is 430 g/mol. The second-order valence-electron chi connectivity index (χ2n) is 9.04. The highest BCUT2D eigenvalue weighted by atomic mass is 32.2. The Labute approximate surface area is 186 Å². The Bertz CT molecular complexity index is 1190. The van der Waals surface area contributed by atoms with E-state index in [1.807, 2.05) is 13.1 Å². The SMILES string of the molecule is C[C@@H]1C[C@@](C#N)(C2CC2)C(=O)N1c1ccnc(Nc2cnn(C3CCS(=O)(=O)CC3)c2)n1. The minimum Gasteiger partial charge on any atom is -0.321 e. The van der Waals surface area contributed by atoms with Crippen LogP contribution in [0.15, 0.2) is 24.7 Å². The number of nitrogens with one attached hydrogen (secondary N) is 1. The van der Waals surface area contributed by atoms with Crippen LogP contribution in [0.3, 0.4) is 0 Å². The molecule has 2 aromatic rings. The molecule has 168 valence electrons. The Morgan fingerprint density at radius 2 is 2.00 bits per heavy atom. The third-order valence-corrected chi connectivity index (χ3v) is 8.49. The first-order chi connectivity index (χ1) is 15.3. The second-order valence-corrected chi connectivity index (χ2v) is 11.3. The fourth-order valence-corrected chi connectivity index (χ4v) is 6.38. The number of nitriles is 1. The van der Waals surface area contributed by atoms with E-state index >= 15 is 0 Å². The monoisotopic (exact) mass is 455 g/mol. The molecule has 10 nitrogen and oxygen atoms in total. The van der Waals surface area contributed by atoms with Crippen molar-refractivity contribution < 1.29 is 13.2 Å². The van der Waals surface area contributed by atoms with Crippen molar-refractivity contribution in [3.05, 3.63) is 24.7 Å². The van der Waals surface area contributed by atoms with Crippen molar-refractivity contribution in [2.75, 3.05) is 21.7 Å². The van der Waals surface area contributed by atoms with Gasteiger partial charge in [0.2, 0.25) is 11.9 Å². The van der Waals surface area contributed by atoms with Crippen LogP contribution < -0.4 is 10.2 Å². The lowest BCUT2D eigenvalue weighted by Gasteiger charge is -2.22. The van der Waals surface area contributed by atoms with E-state index in [1.165, 1.54) is 0 Å². The van der Waals surface area contributed by atoms with Crippen LogP contribution in [0.5, 0.6) is 0 Å². The maximum atomic E-state index is 13.2. The number of rotatable bonds is 5. The van der Waals surface area contributed by atoms with Gasteiger partial charge in [-0.15, -0.1) is 0 Å². The Kier molecular flexibility index (Phi) is 4.93. The quantitative estimate of drug-likeness (QED) is 0.725. The van der Waals surface area contributed by atoms with Gasteiger partial charge in [-0.05, 0) is 51.0 Å². The van der Waals surface area contributed by atoms with E-state index in [-0.39, 0.29) is 35.4 Å². The van der Waals surface area contributed by atoms with Gasteiger partial charge in [0.25, 0.3) is 0 Å². The molecule has 0 unspecified atom stereocenters. The molecule has 0 radical (unpaired) electrons. The number of carbonyl (C=O) groups excluding carboxylic acids is 1. The fraction of sp³-hybridized carbons (Fsp3) is 0.571. The molecule has 2 aliphatic heterocycles. The first-order valence-electron chi connectivity index (χ1n) is 10.9. The molecule has 0 spiro atoms. The summed E-state index contributed by atoms with van der Waals surface area (Å²) in [6.07, 6.45) is 8.51. The van der Waals surface area contributed by atoms with Crippen LogP contribution in [0.2, 0.25) is 0 Å². The van der Waals surface area contributed by atoms with E-state index in [4.69, 9.17) is 0 Å². The third kappa shape index (κ3) is 3.62. The lowest BCUT2D eigenvalue weighted by molar-refractivity contribution is -0.123. The number of aromatic nitrogens is 4. The van der Waals surface area contributed by atoms with E-state index in [9.17, 15) is 18.5 Å². The molecule has 3 fully saturated rings. The maximum Gasteiger partial charge on any atom is 0.249 e. The van der Waals surface area contributed by atoms with Gasteiger partial charge in [0.1, 0.15) is 21.1 Å². The highest BCUT2D eigenvalue weighted by molar-refractivity contribution is 7.91. The number of amides is 1. The van der Waals surface area contributed by atoms with Crippen LogP contribution in [-0.4, -0.2) is 51.6 Å². The largest absolute Gasteiger partial charge is 0.321 e. The zero-order chi connectivity index (χ0) is 22.5. The Balaban J connectivity index is 1.32. The van der Waals surface area contributed by atoms with Gasteiger partial charge < -0.3 is 5.32 Å². The third-order valence-electron chi connectivity index (χ3n) is 6.78. The predicted octanol–water partition coefficient (Wildman–Crippen LogP) is 2.21. The van der Waals surface area contributed by atoms with Crippen molar-refractivity contribution in [1.82, 2.24) is 19.7 Å². The normalized spacial score (nSPS) is 27.9. The van der Waals surface area contributed by atoms with E-state index in [2.05, 4.69) is 26.5 Å². The van der Waals surface area contributed by atoms with Gasteiger partial charge in [-0.2, -0.15) is 15.3 Å². The van der Waals surface area contributed by atoms with Gasteiger partial charge in [-0.3, -0.25) is 14.4 Å². The first-order valence-corrected chi connectivity index (χ1v) is 12.7. The number of hydrogen-bond donors (Lipinski definition) is 1. The number of carbonyl (C=O) groups is 1. The number of sulfone groups is 1. The van der Waals surface area contributed by atoms with Crippen molar-refractivity contribution in [1.29, 1.82) is 5.26 Å². The van der Waals surface area contributed by atoms with Crippen LogP contribution in [0.25, 0.3) is 0 Å². The van der Waals surface area contributed by atoms with Crippen LogP contribution in [0.4, 0.5) is 17.5 Å². The minimum atomic E-state index is -2.93. The average molecular weight is 456 g/mol. The summed E-state index contributed by atoms with van der Waals surface area (Å²) in [5.41, 5.74) is -0.257. The van der Waals surface area contributed by atoms with Crippen molar-refractivity contribution in [3.63, 3.8) is 0 Å². The van der Waals surface area contributed by atoms with Crippen molar-refractivity contribution >= 4 is 33.2 Å². The van der Waals surface area contributed by atoms with Crippen LogP contribution in [-0.2, 0) is 14.6 Å². The lowest BCUT2D eigenvalue weighted by Crippen LogP contribution is -2.37. The number of nitrogens with zero attached hydrogens (tertiary/aromatic N) is 6. The van der Waals surface area contributed by atoms with Gasteiger partial charge in [0.15, 0.2) is 0 Å². The fourth-order valence-electron chi connectivity index (χ4n) is 4.91. The van der Waals surface area contributed by atoms with E-state index in [1.54, 1.807) is 28.0 Å². The zero-order valence-electron chi connectivity index (χ0n) is 17.8. The molecule has 5 rings (SSSR count). The summed E-state index contributed by atoms with van der Waals surface area (Å²) < 4.78 is 25.1. The lowest BCUT2D eigenvalue weighted by atomic mass is 9.81. The summed E-state index contributed by atoms with van der Waals surface area (Å²) in [4.78, 5) is 23.6. The molecule has 0 bridgehead atoms. The summed E-state index contributed by atoms with van der Waals surface area (Å²) in [6.45, 7) is 1.95. The summed E-state index contributed by atoms with van der Waals surface area (Å²) in [7, 11) is -2.93.